The third-order valence-electron chi connectivity index (χ3n) is 1.74. The Morgan fingerprint density at radius 3 is 2.50 bits per heavy atom. The van der Waals surface area contributed by atoms with E-state index in [1.54, 1.807) is 6.92 Å². The topological polar surface area (TPSA) is 55.1 Å². The van der Waals surface area contributed by atoms with Gasteiger partial charge in [-0.05, 0) is 18.2 Å². The van der Waals surface area contributed by atoms with E-state index in [4.69, 9.17) is 5.73 Å². The zero-order valence-corrected chi connectivity index (χ0v) is 10.3. The van der Waals surface area contributed by atoms with Crippen LogP contribution in [0.3, 0.4) is 0 Å². The first kappa shape index (κ1) is 15.5. The summed E-state index contributed by atoms with van der Waals surface area (Å²) in [5.74, 6) is -1.24. The summed E-state index contributed by atoms with van der Waals surface area (Å²) >= 11 is 4.49. The second-order valence-corrected chi connectivity index (χ2v) is 4.58. The van der Waals surface area contributed by atoms with E-state index in [-0.39, 0.29) is 29.0 Å². The first-order chi connectivity index (χ1) is 7.28. The molecule has 0 aromatic carbocycles. The molecule has 0 rings (SSSR count). The van der Waals surface area contributed by atoms with Gasteiger partial charge >= 0.3 is 5.51 Å². The molecule has 0 radical (unpaired) electrons. The molecule has 16 heavy (non-hydrogen) atoms. The second-order valence-electron chi connectivity index (χ2n) is 2.95. The molecule has 0 saturated heterocycles. The molecule has 94 valence electrons. The fraction of sp³-hybridized carbons (Fsp3) is 0.750. The fourth-order valence-corrected chi connectivity index (χ4v) is 1.69. The Balaban J connectivity index is 3.85. The van der Waals surface area contributed by atoms with E-state index in [1.807, 2.05) is 0 Å². The number of amides is 1. The van der Waals surface area contributed by atoms with Gasteiger partial charge in [0, 0.05) is 12.3 Å². The molecular formula is C8H13F3N2OS2. The molecule has 8 heteroatoms. The Hall–Kier alpha value is -0.500. The van der Waals surface area contributed by atoms with Crippen LogP contribution in [0.25, 0.3) is 0 Å². The van der Waals surface area contributed by atoms with Gasteiger partial charge in [-0.15, -0.1) is 0 Å². The van der Waals surface area contributed by atoms with Gasteiger partial charge in [-0.25, -0.2) is 0 Å². The smallest absolute Gasteiger partial charge is 0.393 e. The third kappa shape index (κ3) is 6.89. The van der Waals surface area contributed by atoms with Crippen molar-refractivity contribution in [3.8, 4) is 0 Å². The molecule has 0 spiro atoms. The number of hydrogen-bond donors (Lipinski definition) is 2. The standard InChI is InChI=1S/C8H13F3N2OS2/c1-2-5(6(12)15)7(14)13-3-4-16-8(9,10)11/h5H,2-4H2,1H3,(H2,12,15)(H,13,14). The predicted octanol–water partition coefficient (Wildman–Crippen LogP) is 1.67. The maximum atomic E-state index is 11.7. The van der Waals surface area contributed by atoms with Crippen LogP contribution in [-0.2, 0) is 4.79 Å². The van der Waals surface area contributed by atoms with Crippen LogP contribution in [0.2, 0.25) is 0 Å². The highest BCUT2D eigenvalue weighted by Crippen LogP contribution is 2.29. The first-order valence-corrected chi connectivity index (χ1v) is 5.95. The lowest BCUT2D eigenvalue weighted by molar-refractivity contribution is -0.122. The molecule has 0 bridgehead atoms. The molecule has 0 heterocycles. The number of rotatable bonds is 6. The van der Waals surface area contributed by atoms with E-state index >= 15 is 0 Å². The summed E-state index contributed by atoms with van der Waals surface area (Å²) < 4.78 is 35.2. The van der Waals surface area contributed by atoms with Crippen LogP contribution in [-0.4, -0.2) is 28.7 Å². The van der Waals surface area contributed by atoms with Gasteiger partial charge < -0.3 is 11.1 Å². The normalized spacial score (nSPS) is 13.2. The molecule has 0 aliphatic carbocycles. The summed E-state index contributed by atoms with van der Waals surface area (Å²) in [6.07, 6.45) is 0.438. The van der Waals surface area contributed by atoms with Crippen molar-refractivity contribution < 1.29 is 18.0 Å². The largest absolute Gasteiger partial charge is 0.441 e. The maximum absolute atomic E-state index is 11.7. The molecule has 1 amide bonds. The number of carbonyl (C=O) groups excluding carboxylic acids is 1. The SMILES string of the molecule is CCC(C(=O)NCCSC(F)(F)F)C(N)=S. The summed E-state index contributed by atoms with van der Waals surface area (Å²) in [6, 6.07) is 0. The molecule has 0 fully saturated rings. The number of thioether (sulfide) groups is 1. The maximum Gasteiger partial charge on any atom is 0.441 e. The van der Waals surface area contributed by atoms with Crippen molar-refractivity contribution in [3.05, 3.63) is 0 Å². The summed E-state index contributed by atoms with van der Waals surface area (Å²) in [7, 11) is 0. The lowest BCUT2D eigenvalue weighted by Gasteiger charge is -2.13. The van der Waals surface area contributed by atoms with Crippen molar-refractivity contribution >= 4 is 34.9 Å². The molecule has 0 aromatic rings. The number of nitrogens with two attached hydrogens (primary N) is 1. The number of nitrogens with one attached hydrogen (secondary N) is 1. The van der Waals surface area contributed by atoms with E-state index in [1.165, 1.54) is 0 Å². The van der Waals surface area contributed by atoms with Gasteiger partial charge in [0.2, 0.25) is 5.91 Å². The van der Waals surface area contributed by atoms with Crippen LogP contribution in [0.5, 0.6) is 0 Å². The van der Waals surface area contributed by atoms with Crippen LogP contribution in [0.4, 0.5) is 13.2 Å². The number of carbonyl (C=O) groups is 1. The van der Waals surface area contributed by atoms with Crippen LogP contribution >= 0.6 is 24.0 Å². The Labute approximate surface area is 101 Å². The van der Waals surface area contributed by atoms with Crippen LogP contribution in [0, 0.1) is 5.92 Å². The quantitative estimate of drug-likeness (QED) is 0.571. The minimum Gasteiger partial charge on any atom is -0.393 e. The zero-order chi connectivity index (χ0) is 12.8. The van der Waals surface area contributed by atoms with E-state index in [0.717, 1.165) is 0 Å². The summed E-state index contributed by atoms with van der Waals surface area (Å²) in [6.45, 7) is 1.68. The Bertz CT molecular complexity index is 258. The molecule has 1 unspecified atom stereocenters. The number of alkyl halides is 3. The third-order valence-corrected chi connectivity index (χ3v) is 2.76. The Morgan fingerprint density at radius 1 is 1.56 bits per heavy atom. The van der Waals surface area contributed by atoms with E-state index in [9.17, 15) is 18.0 Å². The van der Waals surface area contributed by atoms with Crippen molar-refractivity contribution in [2.75, 3.05) is 12.3 Å². The average molecular weight is 274 g/mol. The Kier molecular flexibility index (Phi) is 6.73. The van der Waals surface area contributed by atoms with Gasteiger partial charge in [0.15, 0.2) is 0 Å². The molecule has 0 aromatic heterocycles. The molecule has 3 nitrogen and oxygen atoms in total. The molecule has 1 atom stereocenters. The molecule has 3 N–H and O–H groups in total. The summed E-state index contributed by atoms with van der Waals surface area (Å²) in [5, 5.41) is 2.36. The van der Waals surface area contributed by atoms with Crippen molar-refractivity contribution in [2.24, 2.45) is 11.7 Å². The van der Waals surface area contributed by atoms with Gasteiger partial charge in [0.25, 0.3) is 0 Å². The highest BCUT2D eigenvalue weighted by atomic mass is 32.2. The number of thiocarbonyl (C=S) groups is 1. The minimum atomic E-state index is -4.27. The molecule has 0 saturated carbocycles. The highest BCUT2D eigenvalue weighted by molar-refractivity contribution is 8.00. The lowest BCUT2D eigenvalue weighted by atomic mass is 10.1. The van der Waals surface area contributed by atoms with Gasteiger partial charge in [-0.3, -0.25) is 4.79 Å². The summed E-state index contributed by atoms with van der Waals surface area (Å²) in [4.78, 5) is 11.4. The molecular weight excluding hydrogens is 261 g/mol. The second kappa shape index (κ2) is 6.95. The van der Waals surface area contributed by atoms with Crippen molar-refractivity contribution in [2.45, 2.75) is 18.9 Å². The van der Waals surface area contributed by atoms with Crippen LogP contribution in [0.15, 0.2) is 0 Å². The number of hydrogen-bond acceptors (Lipinski definition) is 3. The van der Waals surface area contributed by atoms with Gasteiger partial charge in [-0.2, -0.15) is 13.2 Å². The predicted molar refractivity (Wildman–Crippen MR) is 62.1 cm³/mol. The van der Waals surface area contributed by atoms with E-state index < -0.39 is 17.3 Å². The zero-order valence-electron chi connectivity index (χ0n) is 8.63. The molecule has 0 aliphatic rings. The van der Waals surface area contributed by atoms with Crippen LogP contribution in [0.1, 0.15) is 13.3 Å². The fourth-order valence-electron chi connectivity index (χ4n) is 0.980. The van der Waals surface area contributed by atoms with Crippen molar-refractivity contribution in [1.29, 1.82) is 0 Å². The van der Waals surface area contributed by atoms with Gasteiger partial charge in [0.05, 0.1) is 10.9 Å². The monoisotopic (exact) mass is 274 g/mol. The first-order valence-electron chi connectivity index (χ1n) is 4.55. The average Bonchev–Trinajstić information content (AvgIpc) is 2.11. The van der Waals surface area contributed by atoms with E-state index in [2.05, 4.69) is 17.5 Å². The summed E-state index contributed by atoms with van der Waals surface area (Å²) in [5.41, 5.74) is 1.04. The highest BCUT2D eigenvalue weighted by Gasteiger charge is 2.27. The van der Waals surface area contributed by atoms with Gasteiger partial charge in [-0.1, -0.05) is 19.1 Å². The van der Waals surface area contributed by atoms with Crippen LogP contribution < -0.4 is 11.1 Å². The van der Waals surface area contributed by atoms with Gasteiger partial charge in [0.1, 0.15) is 0 Å². The van der Waals surface area contributed by atoms with E-state index in [0.29, 0.717) is 6.42 Å². The van der Waals surface area contributed by atoms with Crippen molar-refractivity contribution in [1.82, 2.24) is 5.32 Å². The molecule has 0 aliphatic heterocycles. The van der Waals surface area contributed by atoms with Crippen molar-refractivity contribution in [3.63, 3.8) is 0 Å². The minimum absolute atomic E-state index is 0.0534. The Morgan fingerprint density at radius 2 is 2.12 bits per heavy atom. The number of halogens is 3. The lowest BCUT2D eigenvalue weighted by Crippen LogP contribution is -2.38.